The summed E-state index contributed by atoms with van der Waals surface area (Å²) in [6, 6.07) is 7.59. The molecule has 2 aromatic rings. The molecular weight excluding hydrogens is 327 g/mol. The molecule has 4 nitrogen and oxygen atoms in total. The van der Waals surface area contributed by atoms with E-state index in [-0.39, 0.29) is 11.4 Å². The van der Waals surface area contributed by atoms with Gasteiger partial charge in [0.2, 0.25) is 0 Å². The van der Waals surface area contributed by atoms with E-state index in [0.717, 1.165) is 56.3 Å². The second-order valence-corrected chi connectivity index (χ2v) is 8.11. The van der Waals surface area contributed by atoms with Crippen molar-refractivity contribution in [2.45, 2.75) is 56.7 Å². The number of hydrogen-bond donors (Lipinski definition) is 1. The van der Waals surface area contributed by atoms with Crippen molar-refractivity contribution in [2.75, 3.05) is 19.6 Å². The molecule has 5 rings (SSSR count). The first-order valence-electron chi connectivity index (χ1n) is 10.1. The Hall–Kier alpha value is -1.72. The SMILES string of the molecule is Fc1ccc(-c2cnc3n2CCNC32CCN(C3CCCC3)CC2)cc1. The van der Waals surface area contributed by atoms with Crippen LogP contribution in [0, 0.1) is 5.82 Å². The smallest absolute Gasteiger partial charge is 0.129 e. The molecule has 1 spiro atoms. The molecule has 0 atom stereocenters. The lowest BCUT2D eigenvalue weighted by Gasteiger charge is -2.46. The van der Waals surface area contributed by atoms with Crippen LogP contribution in [0.2, 0.25) is 0 Å². The minimum atomic E-state index is -0.190. The molecule has 3 aliphatic rings. The number of rotatable bonds is 2. The summed E-state index contributed by atoms with van der Waals surface area (Å²) >= 11 is 0. The number of fused-ring (bicyclic) bond motifs is 2. The van der Waals surface area contributed by atoms with E-state index in [0.29, 0.717) is 0 Å². The molecule has 3 heterocycles. The van der Waals surface area contributed by atoms with E-state index in [1.54, 1.807) is 0 Å². The van der Waals surface area contributed by atoms with Gasteiger partial charge >= 0.3 is 0 Å². The highest BCUT2D eigenvalue weighted by Crippen LogP contribution is 2.38. The van der Waals surface area contributed by atoms with Gasteiger partial charge in [0, 0.05) is 32.2 Å². The summed E-state index contributed by atoms with van der Waals surface area (Å²) in [6.07, 6.45) is 9.78. The van der Waals surface area contributed by atoms with Crippen molar-refractivity contribution < 1.29 is 4.39 Å². The predicted octanol–water partition coefficient (Wildman–Crippen LogP) is 3.53. The highest BCUT2D eigenvalue weighted by atomic mass is 19.1. The molecule has 1 saturated carbocycles. The number of benzene rings is 1. The summed E-state index contributed by atoms with van der Waals surface area (Å²) in [5.74, 6) is 0.985. The number of hydrogen-bond acceptors (Lipinski definition) is 3. The van der Waals surface area contributed by atoms with Crippen molar-refractivity contribution >= 4 is 0 Å². The van der Waals surface area contributed by atoms with Crippen molar-refractivity contribution in [3.8, 4) is 11.3 Å². The third-order valence-electron chi connectivity index (χ3n) is 6.72. The van der Waals surface area contributed by atoms with Crippen molar-refractivity contribution in [3.05, 3.63) is 42.1 Å². The molecule has 2 fully saturated rings. The summed E-state index contributed by atoms with van der Waals surface area (Å²) in [6.45, 7) is 4.23. The zero-order chi connectivity index (χ0) is 17.6. The van der Waals surface area contributed by atoms with Crippen LogP contribution in [-0.2, 0) is 12.1 Å². The maximum Gasteiger partial charge on any atom is 0.129 e. The van der Waals surface area contributed by atoms with E-state index < -0.39 is 0 Å². The van der Waals surface area contributed by atoms with Gasteiger partial charge in [-0.2, -0.15) is 0 Å². The number of halogens is 1. The summed E-state index contributed by atoms with van der Waals surface area (Å²) in [5.41, 5.74) is 2.16. The third kappa shape index (κ3) is 2.69. The minimum absolute atomic E-state index is 0.00559. The van der Waals surface area contributed by atoms with Gasteiger partial charge in [-0.25, -0.2) is 9.37 Å². The highest BCUT2D eigenvalue weighted by Gasteiger charge is 2.43. The largest absolute Gasteiger partial charge is 0.325 e. The standard InChI is InChI=1S/C21H27FN4/c22-17-7-5-16(6-8-17)19-15-23-20-21(24-11-14-26(19)20)9-12-25(13-10-21)18-3-1-2-4-18/h5-8,15,18,24H,1-4,9-14H2. The molecule has 5 heteroatoms. The minimum Gasteiger partial charge on any atom is -0.325 e. The number of imidazole rings is 1. The lowest BCUT2D eigenvalue weighted by atomic mass is 9.84. The predicted molar refractivity (Wildman–Crippen MR) is 100 cm³/mol. The Labute approximate surface area is 154 Å². The summed E-state index contributed by atoms with van der Waals surface area (Å²) in [5, 5.41) is 3.81. The van der Waals surface area contributed by atoms with Crippen LogP contribution in [0.3, 0.4) is 0 Å². The van der Waals surface area contributed by atoms with Gasteiger partial charge in [-0.3, -0.25) is 0 Å². The second kappa shape index (κ2) is 6.46. The molecule has 0 radical (unpaired) electrons. The lowest BCUT2D eigenvalue weighted by Crippen LogP contribution is -2.56. The molecule has 0 unspecified atom stereocenters. The van der Waals surface area contributed by atoms with Crippen LogP contribution in [0.25, 0.3) is 11.3 Å². The number of piperidine rings is 1. The van der Waals surface area contributed by atoms with Gasteiger partial charge in [-0.15, -0.1) is 0 Å². The van der Waals surface area contributed by atoms with Crippen molar-refractivity contribution in [3.63, 3.8) is 0 Å². The van der Waals surface area contributed by atoms with Gasteiger partial charge in [-0.1, -0.05) is 12.8 Å². The van der Waals surface area contributed by atoms with E-state index in [9.17, 15) is 4.39 Å². The van der Waals surface area contributed by atoms with E-state index in [1.165, 1.54) is 43.6 Å². The molecule has 1 aromatic heterocycles. The summed E-state index contributed by atoms with van der Waals surface area (Å²) in [7, 11) is 0. The lowest BCUT2D eigenvalue weighted by molar-refractivity contribution is 0.0838. The fourth-order valence-corrected chi connectivity index (χ4v) is 5.26. The Morgan fingerprint density at radius 2 is 1.77 bits per heavy atom. The van der Waals surface area contributed by atoms with Crippen LogP contribution in [-0.4, -0.2) is 40.1 Å². The zero-order valence-corrected chi connectivity index (χ0v) is 15.3. The van der Waals surface area contributed by atoms with Gasteiger partial charge in [0.1, 0.15) is 11.6 Å². The highest BCUT2D eigenvalue weighted by molar-refractivity contribution is 5.59. The van der Waals surface area contributed by atoms with E-state index in [4.69, 9.17) is 4.98 Å². The van der Waals surface area contributed by atoms with Gasteiger partial charge < -0.3 is 14.8 Å². The molecule has 26 heavy (non-hydrogen) atoms. The van der Waals surface area contributed by atoms with Crippen molar-refractivity contribution in [1.29, 1.82) is 0 Å². The molecule has 1 saturated heterocycles. The van der Waals surface area contributed by atoms with E-state index in [2.05, 4.69) is 14.8 Å². The summed E-state index contributed by atoms with van der Waals surface area (Å²) in [4.78, 5) is 7.55. The van der Waals surface area contributed by atoms with Gasteiger partial charge in [0.15, 0.2) is 0 Å². The van der Waals surface area contributed by atoms with Crippen LogP contribution >= 0.6 is 0 Å². The van der Waals surface area contributed by atoms with Crippen LogP contribution in [0.15, 0.2) is 30.5 Å². The van der Waals surface area contributed by atoms with Crippen molar-refractivity contribution in [2.24, 2.45) is 0 Å². The first-order chi connectivity index (χ1) is 12.8. The van der Waals surface area contributed by atoms with Crippen LogP contribution in [0.1, 0.15) is 44.3 Å². The first kappa shape index (κ1) is 16.5. The zero-order valence-electron chi connectivity index (χ0n) is 15.3. The maximum absolute atomic E-state index is 13.3. The van der Waals surface area contributed by atoms with Crippen LogP contribution in [0.5, 0.6) is 0 Å². The maximum atomic E-state index is 13.3. The molecule has 0 bridgehead atoms. The molecule has 1 N–H and O–H groups in total. The van der Waals surface area contributed by atoms with E-state index >= 15 is 0 Å². The Kier molecular flexibility index (Phi) is 4.09. The molecule has 138 valence electrons. The number of likely N-dealkylation sites (tertiary alicyclic amines) is 1. The Bertz CT molecular complexity index is 768. The molecular formula is C21H27FN4. The van der Waals surface area contributed by atoms with Gasteiger partial charge in [-0.05, 0) is 55.5 Å². The fraction of sp³-hybridized carbons (Fsp3) is 0.571. The number of nitrogens with one attached hydrogen (secondary N) is 1. The van der Waals surface area contributed by atoms with Gasteiger partial charge in [0.05, 0.1) is 17.4 Å². The Morgan fingerprint density at radius 3 is 2.50 bits per heavy atom. The number of nitrogens with zero attached hydrogens (tertiary/aromatic N) is 3. The van der Waals surface area contributed by atoms with E-state index in [1.807, 2.05) is 18.3 Å². The molecule has 1 aromatic carbocycles. The fourth-order valence-electron chi connectivity index (χ4n) is 5.26. The molecule has 0 amide bonds. The second-order valence-electron chi connectivity index (χ2n) is 8.11. The van der Waals surface area contributed by atoms with Crippen molar-refractivity contribution in [1.82, 2.24) is 19.8 Å². The quantitative estimate of drug-likeness (QED) is 0.896. The summed E-state index contributed by atoms with van der Waals surface area (Å²) < 4.78 is 15.6. The average molecular weight is 354 g/mol. The topological polar surface area (TPSA) is 33.1 Å². The first-order valence-corrected chi connectivity index (χ1v) is 10.1. The monoisotopic (exact) mass is 354 g/mol. The molecule has 1 aliphatic carbocycles. The average Bonchev–Trinajstić information content (AvgIpc) is 3.34. The molecule has 2 aliphatic heterocycles. The Balaban J connectivity index is 1.41. The Morgan fingerprint density at radius 1 is 1.04 bits per heavy atom. The van der Waals surface area contributed by atoms with Crippen LogP contribution < -0.4 is 5.32 Å². The third-order valence-corrected chi connectivity index (χ3v) is 6.72. The normalized spacial score (nSPS) is 23.4. The number of aromatic nitrogens is 2. The van der Waals surface area contributed by atoms with Crippen LogP contribution in [0.4, 0.5) is 4.39 Å². The van der Waals surface area contributed by atoms with Gasteiger partial charge in [0.25, 0.3) is 0 Å².